The summed E-state index contributed by atoms with van der Waals surface area (Å²) in [6.45, 7) is 0.774. The molecule has 0 aromatic carbocycles. The van der Waals surface area contributed by atoms with Gasteiger partial charge in [-0.3, -0.25) is 14.6 Å². The number of carbonyl (C=O) groups is 2. The second-order valence-corrected chi connectivity index (χ2v) is 5.75. The van der Waals surface area contributed by atoms with Crippen LogP contribution >= 0.6 is 0 Å². The van der Waals surface area contributed by atoms with Crippen molar-refractivity contribution in [2.45, 2.75) is 18.2 Å². The summed E-state index contributed by atoms with van der Waals surface area (Å²) >= 11 is 0. The number of pyridine rings is 1. The van der Waals surface area contributed by atoms with Crippen LogP contribution < -0.4 is 0 Å². The quantitative estimate of drug-likeness (QED) is 0.816. The molecule has 1 amide bonds. The molecule has 3 aliphatic heterocycles. The molecule has 2 bridgehead atoms. The molecule has 4 heterocycles. The summed E-state index contributed by atoms with van der Waals surface area (Å²) in [6, 6.07) is 5.53. The van der Waals surface area contributed by atoms with Crippen LogP contribution in [0.5, 0.6) is 0 Å². The first-order chi connectivity index (χ1) is 10.1. The van der Waals surface area contributed by atoms with Gasteiger partial charge in [-0.15, -0.1) is 0 Å². The predicted octanol–water partition coefficient (Wildman–Crippen LogP) is 0.448. The third-order valence-electron chi connectivity index (χ3n) is 4.54. The Morgan fingerprint density at radius 1 is 1.52 bits per heavy atom. The molecule has 4 atom stereocenters. The number of carbonyl (C=O) groups excluding carboxylic acids is 1. The minimum Gasteiger partial charge on any atom is -0.481 e. The zero-order chi connectivity index (χ0) is 14.6. The number of ether oxygens (including phenoxy) is 1. The molecule has 2 fully saturated rings. The first-order valence-electron chi connectivity index (χ1n) is 6.89. The molecule has 0 unspecified atom stereocenters. The van der Waals surface area contributed by atoms with Crippen LogP contribution in [0.1, 0.15) is 5.69 Å². The molecule has 0 aliphatic carbocycles. The van der Waals surface area contributed by atoms with E-state index >= 15 is 0 Å². The predicted molar refractivity (Wildman–Crippen MR) is 71.0 cm³/mol. The third kappa shape index (κ3) is 1.65. The molecule has 3 aliphatic rings. The number of amides is 1. The molecule has 1 aromatic rings. The first-order valence-corrected chi connectivity index (χ1v) is 6.89. The van der Waals surface area contributed by atoms with Gasteiger partial charge >= 0.3 is 5.97 Å². The van der Waals surface area contributed by atoms with Gasteiger partial charge in [-0.25, -0.2) is 0 Å². The monoisotopic (exact) mass is 286 g/mol. The Bertz CT molecular complexity index is 644. The molecule has 1 N–H and O–H groups in total. The lowest BCUT2D eigenvalue weighted by atomic mass is 9.77. The Hall–Kier alpha value is -2.21. The van der Waals surface area contributed by atoms with Crippen molar-refractivity contribution in [2.75, 3.05) is 6.54 Å². The molecule has 0 saturated carbocycles. The Balaban J connectivity index is 1.63. The highest BCUT2D eigenvalue weighted by molar-refractivity contribution is 5.90. The fourth-order valence-corrected chi connectivity index (χ4v) is 3.68. The molecule has 2 saturated heterocycles. The van der Waals surface area contributed by atoms with E-state index in [1.807, 2.05) is 24.3 Å². The highest BCUT2D eigenvalue weighted by Gasteiger charge is 2.66. The SMILES string of the molecule is O=C(O)[C@@H]1[C@@H]2C=C[C@@]3(CN(Cc4ccccn4)C(=O)[C@@H]13)O2. The van der Waals surface area contributed by atoms with Crippen LogP contribution in [0, 0.1) is 11.8 Å². The van der Waals surface area contributed by atoms with Crippen LogP contribution in [0.3, 0.4) is 0 Å². The highest BCUT2D eigenvalue weighted by atomic mass is 16.5. The molecule has 0 radical (unpaired) electrons. The number of fused-ring (bicyclic) bond motifs is 1. The van der Waals surface area contributed by atoms with Gasteiger partial charge in [-0.05, 0) is 12.1 Å². The van der Waals surface area contributed by atoms with Crippen molar-refractivity contribution in [3.05, 3.63) is 42.2 Å². The lowest BCUT2D eigenvalue weighted by Gasteiger charge is -2.21. The largest absolute Gasteiger partial charge is 0.481 e. The molecule has 4 rings (SSSR count). The van der Waals surface area contributed by atoms with E-state index in [9.17, 15) is 14.7 Å². The van der Waals surface area contributed by atoms with Crippen LogP contribution in [0.4, 0.5) is 0 Å². The number of hydrogen-bond acceptors (Lipinski definition) is 4. The van der Waals surface area contributed by atoms with Crippen LogP contribution in [-0.2, 0) is 20.9 Å². The Labute approximate surface area is 121 Å². The number of likely N-dealkylation sites (tertiary alicyclic amines) is 1. The Morgan fingerprint density at radius 2 is 2.38 bits per heavy atom. The number of carboxylic acid groups (broad SMARTS) is 1. The molecule has 6 heteroatoms. The number of hydrogen-bond donors (Lipinski definition) is 1. The van der Waals surface area contributed by atoms with Gasteiger partial charge in [0.15, 0.2) is 0 Å². The lowest BCUT2D eigenvalue weighted by molar-refractivity contribution is -0.148. The molecule has 1 aromatic heterocycles. The van der Waals surface area contributed by atoms with Gasteiger partial charge in [0.2, 0.25) is 5.91 Å². The van der Waals surface area contributed by atoms with Gasteiger partial charge in [0.05, 0.1) is 30.8 Å². The number of aromatic nitrogens is 1. The highest BCUT2D eigenvalue weighted by Crippen LogP contribution is 2.51. The lowest BCUT2D eigenvalue weighted by Crippen LogP contribution is -2.39. The van der Waals surface area contributed by atoms with Crippen LogP contribution in [-0.4, -0.2) is 45.1 Å². The Morgan fingerprint density at radius 3 is 3.10 bits per heavy atom. The maximum absolute atomic E-state index is 12.6. The van der Waals surface area contributed by atoms with Crippen molar-refractivity contribution >= 4 is 11.9 Å². The molecule has 108 valence electrons. The summed E-state index contributed by atoms with van der Waals surface area (Å²) in [4.78, 5) is 29.9. The third-order valence-corrected chi connectivity index (χ3v) is 4.54. The fourth-order valence-electron chi connectivity index (χ4n) is 3.68. The van der Waals surface area contributed by atoms with E-state index in [1.54, 1.807) is 17.2 Å². The topological polar surface area (TPSA) is 79.7 Å². The zero-order valence-electron chi connectivity index (χ0n) is 11.2. The maximum Gasteiger partial charge on any atom is 0.310 e. The summed E-state index contributed by atoms with van der Waals surface area (Å²) in [5.74, 6) is -2.52. The van der Waals surface area contributed by atoms with Crippen LogP contribution in [0.25, 0.3) is 0 Å². The van der Waals surface area contributed by atoms with Crippen LogP contribution in [0.2, 0.25) is 0 Å². The zero-order valence-corrected chi connectivity index (χ0v) is 11.2. The van der Waals surface area contributed by atoms with E-state index in [0.29, 0.717) is 13.1 Å². The van der Waals surface area contributed by atoms with Gasteiger partial charge in [0, 0.05) is 6.20 Å². The van der Waals surface area contributed by atoms with Gasteiger partial charge < -0.3 is 14.7 Å². The smallest absolute Gasteiger partial charge is 0.310 e. The minimum absolute atomic E-state index is 0.153. The molecular formula is C15H14N2O4. The van der Waals surface area contributed by atoms with Crippen molar-refractivity contribution < 1.29 is 19.4 Å². The van der Waals surface area contributed by atoms with E-state index in [-0.39, 0.29) is 5.91 Å². The molecule has 21 heavy (non-hydrogen) atoms. The number of rotatable bonds is 3. The second-order valence-electron chi connectivity index (χ2n) is 5.75. The van der Waals surface area contributed by atoms with Crippen LogP contribution in [0.15, 0.2) is 36.5 Å². The summed E-state index contributed by atoms with van der Waals surface area (Å²) in [5, 5.41) is 9.38. The fraction of sp³-hybridized carbons (Fsp3) is 0.400. The average molecular weight is 286 g/mol. The first kappa shape index (κ1) is 12.5. The van der Waals surface area contributed by atoms with Gasteiger partial charge in [0.25, 0.3) is 0 Å². The van der Waals surface area contributed by atoms with Crippen molar-refractivity contribution in [1.82, 2.24) is 9.88 Å². The van der Waals surface area contributed by atoms with Crippen molar-refractivity contribution in [3.8, 4) is 0 Å². The van der Waals surface area contributed by atoms with E-state index in [0.717, 1.165) is 5.69 Å². The van der Waals surface area contributed by atoms with E-state index in [1.165, 1.54) is 0 Å². The van der Waals surface area contributed by atoms with Gasteiger partial charge in [-0.1, -0.05) is 18.2 Å². The van der Waals surface area contributed by atoms with E-state index in [4.69, 9.17) is 4.74 Å². The van der Waals surface area contributed by atoms with Crippen molar-refractivity contribution in [3.63, 3.8) is 0 Å². The summed E-state index contributed by atoms with van der Waals surface area (Å²) < 4.78 is 5.82. The van der Waals surface area contributed by atoms with E-state index < -0.39 is 29.5 Å². The summed E-state index contributed by atoms with van der Waals surface area (Å²) in [7, 11) is 0. The van der Waals surface area contributed by atoms with Gasteiger partial charge in [-0.2, -0.15) is 0 Å². The molecule has 1 spiro atoms. The number of aliphatic carboxylic acids is 1. The maximum atomic E-state index is 12.6. The van der Waals surface area contributed by atoms with Crippen molar-refractivity contribution in [1.29, 1.82) is 0 Å². The summed E-state index contributed by atoms with van der Waals surface area (Å²) in [5.41, 5.74) is 0.0205. The van der Waals surface area contributed by atoms with Crippen molar-refractivity contribution in [2.24, 2.45) is 11.8 Å². The number of nitrogens with zero attached hydrogens (tertiary/aromatic N) is 2. The summed E-state index contributed by atoms with van der Waals surface area (Å²) in [6.07, 6.45) is 4.83. The standard InChI is InChI=1S/C15H14N2O4/c18-13-12-11(14(19)20)10-4-5-15(12,21-10)8-17(13)7-9-3-1-2-6-16-9/h1-6,10-12H,7-8H2,(H,19,20)/t10-,11+,12+,15-/m0/s1. The minimum atomic E-state index is -0.968. The normalized spacial score (nSPS) is 36.3. The number of carboxylic acids is 1. The average Bonchev–Trinajstić information content (AvgIpc) is 3.09. The second kappa shape index (κ2) is 4.14. The van der Waals surface area contributed by atoms with E-state index in [2.05, 4.69) is 4.98 Å². The Kier molecular flexibility index (Phi) is 2.47. The van der Waals surface area contributed by atoms with Gasteiger partial charge in [0.1, 0.15) is 11.5 Å². The molecular weight excluding hydrogens is 272 g/mol. The molecule has 6 nitrogen and oxygen atoms in total.